The van der Waals surface area contributed by atoms with Gasteiger partial charge in [0, 0.05) is 15.5 Å². The Balaban J connectivity index is 1.94. The summed E-state index contributed by atoms with van der Waals surface area (Å²) in [4.78, 5) is 5.82. The molecule has 0 aliphatic heterocycles. The van der Waals surface area contributed by atoms with Gasteiger partial charge < -0.3 is 0 Å². The first kappa shape index (κ1) is 16.1. The fourth-order valence-electron chi connectivity index (χ4n) is 2.65. The second-order valence-electron chi connectivity index (χ2n) is 5.53. The molecule has 4 rings (SSSR count). The SMILES string of the molecule is Brc1ccc(N=c2scc(-c3ccccc3)n2-c2ccccc2)cc1. The van der Waals surface area contributed by atoms with Crippen molar-refractivity contribution in [3.8, 4) is 16.9 Å². The number of aromatic nitrogens is 1. The number of nitrogens with zero attached hydrogens (tertiary/aromatic N) is 2. The van der Waals surface area contributed by atoms with Crippen molar-refractivity contribution in [1.29, 1.82) is 0 Å². The Morgan fingerprint density at radius 3 is 2.08 bits per heavy atom. The van der Waals surface area contributed by atoms with Gasteiger partial charge >= 0.3 is 0 Å². The predicted molar refractivity (Wildman–Crippen MR) is 108 cm³/mol. The average Bonchev–Trinajstić information content (AvgIpc) is 3.08. The van der Waals surface area contributed by atoms with Crippen LogP contribution in [0.15, 0.2) is 99.8 Å². The van der Waals surface area contributed by atoms with E-state index in [1.165, 1.54) is 5.56 Å². The minimum atomic E-state index is 0.939. The monoisotopic (exact) mass is 406 g/mol. The molecule has 0 spiro atoms. The number of thiazole rings is 1. The van der Waals surface area contributed by atoms with Crippen molar-refractivity contribution in [1.82, 2.24) is 4.57 Å². The minimum absolute atomic E-state index is 0.939. The zero-order valence-corrected chi connectivity index (χ0v) is 15.7. The van der Waals surface area contributed by atoms with Gasteiger partial charge in [-0.3, -0.25) is 4.57 Å². The van der Waals surface area contributed by atoms with Gasteiger partial charge in [-0.25, -0.2) is 4.99 Å². The van der Waals surface area contributed by atoms with Gasteiger partial charge in [-0.15, -0.1) is 11.3 Å². The Labute approximate surface area is 158 Å². The van der Waals surface area contributed by atoms with Crippen LogP contribution in [0, 0.1) is 0 Å². The van der Waals surface area contributed by atoms with Crippen molar-refractivity contribution >= 4 is 33.0 Å². The van der Waals surface area contributed by atoms with Gasteiger partial charge in [0.15, 0.2) is 4.80 Å². The highest BCUT2D eigenvalue weighted by Crippen LogP contribution is 2.24. The lowest BCUT2D eigenvalue weighted by Crippen LogP contribution is -2.13. The third-order valence-corrected chi connectivity index (χ3v) is 5.20. The van der Waals surface area contributed by atoms with Crippen LogP contribution < -0.4 is 4.80 Å². The Hall–Kier alpha value is -2.43. The van der Waals surface area contributed by atoms with Crippen molar-refractivity contribution in [2.24, 2.45) is 4.99 Å². The summed E-state index contributed by atoms with van der Waals surface area (Å²) >= 11 is 5.12. The van der Waals surface area contributed by atoms with E-state index >= 15 is 0 Å². The van der Waals surface area contributed by atoms with Crippen LogP contribution in [0.4, 0.5) is 5.69 Å². The van der Waals surface area contributed by atoms with Crippen molar-refractivity contribution in [3.63, 3.8) is 0 Å². The Morgan fingerprint density at radius 1 is 0.760 bits per heavy atom. The van der Waals surface area contributed by atoms with Crippen LogP contribution in [0.5, 0.6) is 0 Å². The van der Waals surface area contributed by atoms with E-state index in [1.807, 2.05) is 36.4 Å². The molecule has 122 valence electrons. The molecule has 0 amide bonds. The average molecular weight is 407 g/mol. The van der Waals surface area contributed by atoms with E-state index in [1.54, 1.807) is 11.3 Å². The molecule has 0 radical (unpaired) electrons. The molecular weight excluding hydrogens is 392 g/mol. The lowest BCUT2D eigenvalue weighted by molar-refractivity contribution is 1.01. The summed E-state index contributed by atoms with van der Waals surface area (Å²) in [6.45, 7) is 0. The Morgan fingerprint density at radius 2 is 1.40 bits per heavy atom. The largest absolute Gasteiger partial charge is 0.285 e. The van der Waals surface area contributed by atoms with Gasteiger partial charge in [-0.1, -0.05) is 64.5 Å². The minimum Gasteiger partial charge on any atom is -0.285 e. The van der Waals surface area contributed by atoms with Crippen LogP contribution in [0.1, 0.15) is 0 Å². The standard InChI is InChI=1S/C21H15BrN2S/c22-17-11-13-18(14-12-17)23-21-24(19-9-5-2-6-10-19)20(15-25-21)16-7-3-1-4-8-16/h1-15H. The zero-order chi connectivity index (χ0) is 17.1. The van der Waals surface area contributed by atoms with Gasteiger partial charge in [0.2, 0.25) is 0 Å². The molecule has 0 unspecified atom stereocenters. The summed E-state index contributed by atoms with van der Waals surface area (Å²) in [5.41, 5.74) is 4.38. The molecule has 1 aromatic heterocycles. The number of rotatable bonds is 3. The highest BCUT2D eigenvalue weighted by Gasteiger charge is 2.09. The molecule has 0 aliphatic carbocycles. The molecule has 0 saturated heterocycles. The first-order chi connectivity index (χ1) is 12.3. The molecule has 4 aromatic rings. The maximum atomic E-state index is 4.87. The summed E-state index contributed by atoms with van der Waals surface area (Å²) < 4.78 is 3.26. The van der Waals surface area contributed by atoms with Crippen molar-refractivity contribution in [2.75, 3.05) is 0 Å². The molecular formula is C21H15BrN2S. The molecule has 25 heavy (non-hydrogen) atoms. The summed E-state index contributed by atoms with van der Waals surface area (Å²) in [5, 5.41) is 2.17. The normalized spacial score (nSPS) is 11.6. The van der Waals surface area contributed by atoms with E-state index in [-0.39, 0.29) is 0 Å². The molecule has 0 atom stereocenters. The van der Waals surface area contributed by atoms with E-state index in [9.17, 15) is 0 Å². The molecule has 0 saturated carbocycles. The molecule has 0 aliphatic rings. The highest BCUT2D eigenvalue weighted by molar-refractivity contribution is 9.10. The molecule has 0 N–H and O–H groups in total. The van der Waals surface area contributed by atoms with Gasteiger partial charge in [0.25, 0.3) is 0 Å². The van der Waals surface area contributed by atoms with E-state index in [2.05, 4.69) is 74.4 Å². The number of halogens is 1. The summed E-state index contributed by atoms with van der Waals surface area (Å²) in [6, 6.07) is 28.8. The van der Waals surface area contributed by atoms with Crippen LogP contribution in [-0.2, 0) is 0 Å². The second kappa shape index (κ2) is 7.21. The number of para-hydroxylation sites is 1. The van der Waals surface area contributed by atoms with Crippen molar-refractivity contribution in [3.05, 3.63) is 99.6 Å². The van der Waals surface area contributed by atoms with E-state index in [0.717, 1.165) is 26.3 Å². The molecule has 0 bridgehead atoms. The number of benzene rings is 3. The predicted octanol–water partition coefficient (Wildman–Crippen LogP) is 6.20. The number of hydrogen-bond acceptors (Lipinski definition) is 2. The van der Waals surface area contributed by atoms with Gasteiger partial charge in [-0.05, 0) is 42.0 Å². The van der Waals surface area contributed by atoms with Crippen LogP contribution in [0.3, 0.4) is 0 Å². The molecule has 2 nitrogen and oxygen atoms in total. The first-order valence-corrected chi connectivity index (χ1v) is 9.60. The van der Waals surface area contributed by atoms with Crippen LogP contribution >= 0.6 is 27.3 Å². The van der Waals surface area contributed by atoms with Gasteiger partial charge in [0.1, 0.15) is 0 Å². The highest BCUT2D eigenvalue weighted by atomic mass is 79.9. The lowest BCUT2D eigenvalue weighted by Gasteiger charge is -2.09. The number of hydrogen-bond donors (Lipinski definition) is 0. The van der Waals surface area contributed by atoms with Crippen molar-refractivity contribution < 1.29 is 0 Å². The van der Waals surface area contributed by atoms with E-state index < -0.39 is 0 Å². The maximum absolute atomic E-state index is 4.87. The fourth-order valence-corrected chi connectivity index (χ4v) is 3.84. The Bertz CT molecular complexity index is 1030. The smallest absolute Gasteiger partial charge is 0.195 e. The fraction of sp³-hybridized carbons (Fsp3) is 0. The van der Waals surface area contributed by atoms with E-state index in [4.69, 9.17) is 4.99 Å². The Kier molecular flexibility index (Phi) is 4.63. The molecule has 4 heteroatoms. The van der Waals surface area contributed by atoms with Crippen molar-refractivity contribution in [2.45, 2.75) is 0 Å². The lowest BCUT2D eigenvalue weighted by atomic mass is 10.1. The quantitative estimate of drug-likeness (QED) is 0.385. The van der Waals surface area contributed by atoms with Crippen LogP contribution in [-0.4, -0.2) is 4.57 Å². The summed E-state index contributed by atoms with van der Waals surface area (Å²) in [7, 11) is 0. The zero-order valence-electron chi connectivity index (χ0n) is 13.3. The third kappa shape index (κ3) is 3.50. The molecule has 1 heterocycles. The topological polar surface area (TPSA) is 17.3 Å². The maximum Gasteiger partial charge on any atom is 0.195 e. The van der Waals surface area contributed by atoms with Crippen LogP contribution in [0.2, 0.25) is 0 Å². The summed E-state index contributed by atoms with van der Waals surface area (Å²) in [5.74, 6) is 0. The van der Waals surface area contributed by atoms with Gasteiger partial charge in [-0.2, -0.15) is 0 Å². The first-order valence-electron chi connectivity index (χ1n) is 7.93. The van der Waals surface area contributed by atoms with E-state index in [0.29, 0.717) is 0 Å². The van der Waals surface area contributed by atoms with Crippen LogP contribution in [0.25, 0.3) is 16.9 Å². The summed E-state index contributed by atoms with van der Waals surface area (Å²) in [6.07, 6.45) is 0. The second-order valence-corrected chi connectivity index (χ2v) is 7.28. The molecule has 0 fully saturated rings. The third-order valence-electron chi connectivity index (χ3n) is 3.84. The molecule has 3 aromatic carbocycles. The van der Waals surface area contributed by atoms with Gasteiger partial charge in [0.05, 0.1) is 11.4 Å².